The summed E-state index contributed by atoms with van der Waals surface area (Å²) < 4.78 is 34.6. The van der Waals surface area contributed by atoms with Crippen molar-refractivity contribution in [1.29, 1.82) is 0 Å². The minimum atomic E-state index is -4.43. The molecule has 0 aromatic heterocycles. The minimum Gasteiger partial charge on any atom is -0.462 e. The Kier molecular flexibility index (Phi) is 66.4. The van der Waals surface area contributed by atoms with Gasteiger partial charge in [-0.15, -0.1) is 0 Å². The van der Waals surface area contributed by atoms with Crippen LogP contribution in [0.4, 0.5) is 0 Å². The van der Waals surface area contributed by atoms with Crippen molar-refractivity contribution in [2.45, 2.75) is 225 Å². The number of esters is 2. The van der Waals surface area contributed by atoms with Gasteiger partial charge < -0.3 is 18.9 Å². The predicted molar refractivity (Wildman–Crippen MR) is 407 cm³/mol. The van der Waals surface area contributed by atoms with Crippen molar-refractivity contribution in [2.75, 3.05) is 47.5 Å². The van der Waals surface area contributed by atoms with Crippen molar-refractivity contribution in [2.24, 2.45) is 0 Å². The number of carbonyl (C=O) groups excluding carboxylic acids is 2. The molecule has 94 heavy (non-hydrogen) atoms. The van der Waals surface area contributed by atoms with Crippen molar-refractivity contribution < 1.29 is 42.1 Å². The smallest absolute Gasteiger partial charge is 0.462 e. The molecule has 0 aliphatic carbocycles. The van der Waals surface area contributed by atoms with Crippen LogP contribution in [0.3, 0.4) is 0 Å². The van der Waals surface area contributed by atoms with E-state index < -0.39 is 32.5 Å². The maximum atomic E-state index is 12.9. The summed E-state index contributed by atoms with van der Waals surface area (Å²) in [5.74, 6) is -0.881. The van der Waals surface area contributed by atoms with E-state index in [0.717, 1.165) is 180 Å². The van der Waals surface area contributed by atoms with E-state index in [1.54, 1.807) is 0 Å². The molecule has 0 rings (SSSR count). The molecular formula is C84H129NO8P+. The Bertz CT molecular complexity index is 2490. The van der Waals surface area contributed by atoms with E-state index in [-0.39, 0.29) is 26.1 Å². The van der Waals surface area contributed by atoms with Crippen LogP contribution in [0.5, 0.6) is 0 Å². The van der Waals surface area contributed by atoms with Gasteiger partial charge in [0.25, 0.3) is 0 Å². The summed E-state index contributed by atoms with van der Waals surface area (Å²) in [6.45, 7) is 4.10. The van der Waals surface area contributed by atoms with Gasteiger partial charge in [-0.3, -0.25) is 18.6 Å². The number of allylic oxidation sites excluding steroid dienone is 40. The van der Waals surface area contributed by atoms with Crippen LogP contribution in [0.1, 0.15) is 219 Å². The number of quaternary nitrogens is 1. The average molecular weight is 1310 g/mol. The molecule has 0 amide bonds. The normalized spacial score (nSPS) is 14.6. The molecule has 0 heterocycles. The summed E-state index contributed by atoms with van der Waals surface area (Å²) in [6.07, 6.45) is 117. The Hall–Kier alpha value is -6.19. The number of likely N-dealkylation sites (N-methyl/N-ethyl adjacent to an activating group) is 1. The number of hydrogen-bond donors (Lipinski definition) is 1. The van der Waals surface area contributed by atoms with Crippen LogP contribution in [0, 0.1) is 0 Å². The van der Waals surface area contributed by atoms with E-state index in [1.165, 1.54) is 0 Å². The molecule has 0 aromatic rings. The van der Waals surface area contributed by atoms with E-state index >= 15 is 0 Å². The molecule has 0 radical (unpaired) electrons. The lowest BCUT2D eigenvalue weighted by molar-refractivity contribution is -0.870. The Balaban J connectivity index is 4.27. The molecule has 2 atom stereocenters. The van der Waals surface area contributed by atoms with Crippen LogP contribution in [-0.4, -0.2) is 74.9 Å². The molecule has 0 spiro atoms. The lowest BCUT2D eigenvalue weighted by atomic mass is 10.1. The van der Waals surface area contributed by atoms with E-state index in [2.05, 4.69) is 257 Å². The molecule has 0 aromatic carbocycles. The molecule has 1 N–H and O–H groups in total. The van der Waals surface area contributed by atoms with Gasteiger partial charge in [-0.1, -0.05) is 283 Å². The van der Waals surface area contributed by atoms with Crippen molar-refractivity contribution in [3.8, 4) is 0 Å². The first-order valence-electron chi connectivity index (χ1n) is 35.8. The molecule has 2 unspecified atom stereocenters. The van der Waals surface area contributed by atoms with Gasteiger partial charge in [0, 0.05) is 12.8 Å². The number of nitrogens with zero attached hydrogens (tertiary/aromatic N) is 1. The largest absolute Gasteiger partial charge is 0.472 e. The summed E-state index contributed by atoms with van der Waals surface area (Å²) in [6, 6.07) is 0. The van der Waals surface area contributed by atoms with Gasteiger partial charge in [0.2, 0.25) is 0 Å². The van der Waals surface area contributed by atoms with E-state index in [9.17, 15) is 19.0 Å². The number of unbranched alkanes of at least 4 members (excludes halogenated alkanes) is 8. The summed E-state index contributed by atoms with van der Waals surface area (Å²) in [5.41, 5.74) is 0. The highest BCUT2D eigenvalue weighted by Crippen LogP contribution is 2.43. The van der Waals surface area contributed by atoms with Gasteiger partial charge in [-0.25, -0.2) is 4.57 Å². The zero-order valence-corrected chi connectivity index (χ0v) is 60.2. The Morgan fingerprint density at radius 1 is 0.330 bits per heavy atom. The van der Waals surface area contributed by atoms with Crippen LogP contribution in [0.15, 0.2) is 243 Å². The molecule has 0 saturated carbocycles. The fraction of sp³-hybridized carbons (Fsp3) is 0.500. The molecule has 0 saturated heterocycles. The van der Waals surface area contributed by atoms with Crippen LogP contribution in [-0.2, 0) is 32.7 Å². The van der Waals surface area contributed by atoms with Crippen molar-refractivity contribution >= 4 is 19.8 Å². The standard InChI is InChI=1S/C84H128NO8P/c1-6-8-10-12-14-16-18-20-22-24-26-28-30-32-34-36-38-39-40-41-42-43-44-45-47-49-51-53-55-57-59-61-63-65-67-69-71-73-75-77-84(87)93-82(81-92-94(88,89)91-79-78-85(3,4)5)80-90-83(86)76-74-72-70-68-66-64-62-60-58-56-54-52-50-48-46-37-35-33-31-29-27-25-23-21-19-17-15-13-11-9-7-2/h8-11,14-17,20-23,26-29,32-35,38-39,41-42,44-46,48-49,51-52,54-55,57-58,60-61,63-64,66,82H,6-7,12-13,18-19,24-25,30-31,36-37,40,43,47,50,53,56,59,62,65,67-81H2,1-5H3/p+1/b10-8-,11-9-,16-14-,17-15-,22-20-,23-21-,28-26-,29-27-,34-32-,35-33-,39-38-,42-41-,45-44-,48-46-,51-49-,54-52-,57-55-,60-58-,63-61-,66-64-. The highest BCUT2D eigenvalue weighted by Gasteiger charge is 2.27. The summed E-state index contributed by atoms with van der Waals surface area (Å²) in [5, 5.41) is 0. The average Bonchev–Trinajstić information content (AvgIpc) is 1.56. The van der Waals surface area contributed by atoms with E-state index in [4.69, 9.17) is 18.5 Å². The predicted octanol–water partition coefficient (Wildman–Crippen LogP) is 23.9. The Morgan fingerprint density at radius 3 is 0.862 bits per heavy atom. The molecule has 0 aliphatic rings. The van der Waals surface area contributed by atoms with Crippen LogP contribution < -0.4 is 0 Å². The zero-order valence-electron chi connectivity index (χ0n) is 59.3. The first-order valence-corrected chi connectivity index (χ1v) is 37.3. The van der Waals surface area contributed by atoms with E-state index in [0.29, 0.717) is 23.9 Å². The summed E-state index contributed by atoms with van der Waals surface area (Å²) >= 11 is 0. The highest BCUT2D eigenvalue weighted by atomic mass is 31.2. The molecular weight excluding hydrogens is 1180 g/mol. The first-order chi connectivity index (χ1) is 46.0. The third-order valence-corrected chi connectivity index (χ3v) is 14.9. The number of ether oxygens (including phenoxy) is 2. The topological polar surface area (TPSA) is 108 Å². The third-order valence-electron chi connectivity index (χ3n) is 13.9. The van der Waals surface area contributed by atoms with Gasteiger partial charge in [-0.05, 0) is 167 Å². The maximum Gasteiger partial charge on any atom is 0.472 e. The first kappa shape index (κ1) is 87.8. The summed E-state index contributed by atoms with van der Waals surface area (Å²) in [4.78, 5) is 35.9. The second kappa shape index (κ2) is 71.1. The van der Waals surface area contributed by atoms with Crippen LogP contribution in [0.2, 0.25) is 0 Å². The number of hydrogen-bond acceptors (Lipinski definition) is 7. The molecule has 9 nitrogen and oxygen atoms in total. The van der Waals surface area contributed by atoms with Gasteiger partial charge in [0.1, 0.15) is 19.8 Å². The molecule has 0 fully saturated rings. The summed E-state index contributed by atoms with van der Waals surface area (Å²) in [7, 11) is 1.40. The molecule has 522 valence electrons. The number of rotatable bonds is 62. The van der Waals surface area contributed by atoms with Crippen LogP contribution >= 0.6 is 7.82 Å². The van der Waals surface area contributed by atoms with Crippen molar-refractivity contribution in [3.63, 3.8) is 0 Å². The van der Waals surface area contributed by atoms with Gasteiger partial charge >= 0.3 is 19.8 Å². The Morgan fingerprint density at radius 2 is 0.574 bits per heavy atom. The molecule has 10 heteroatoms. The molecule has 0 bridgehead atoms. The third kappa shape index (κ3) is 74.8. The van der Waals surface area contributed by atoms with E-state index in [1.807, 2.05) is 21.1 Å². The molecule has 0 aliphatic heterocycles. The van der Waals surface area contributed by atoms with Gasteiger partial charge in [0.15, 0.2) is 6.10 Å². The number of phosphoric acid groups is 1. The number of phosphoric ester groups is 1. The fourth-order valence-corrected chi connectivity index (χ4v) is 9.22. The van der Waals surface area contributed by atoms with Gasteiger partial charge in [-0.2, -0.15) is 0 Å². The quantitative estimate of drug-likeness (QED) is 0.0211. The Labute approximate surface area is 574 Å². The lowest BCUT2D eigenvalue weighted by Gasteiger charge is -2.24. The monoisotopic (exact) mass is 1310 g/mol. The lowest BCUT2D eigenvalue weighted by Crippen LogP contribution is -2.37. The second-order valence-electron chi connectivity index (χ2n) is 23.8. The zero-order chi connectivity index (χ0) is 68.3. The SMILES string of the molecule is CC/C=C\C/C=C\C/C=C\C/C=C\C/C=C\C/C=C\C/C=C\C/C=C\C/C=C\C/C=C\C/C=C\CCCCCCCC(=O)OC(COC(=O)CCCCC/C=C\C/C=C\C/C=C\C/C=C\C/C=C\C/C=C\C/C=C\C/C=C\C/C=C\CC)COP(=O)(O)OCC[N+](C)(C)C. The maximum absolute atomic E-state index is 12.9. The number of carbonyl (C=O) groups is 2. The second-order valence-corrected chi connectivity index (χ2v) is 25.3. The fourth-order valence-electron chi connectivity index (χ4n) is 8.48. The minimum absolute atomic E-state index is 0.00707. The van der Waals surface area contributed by atoms with Crippen molar-refractivity contribution in [3.05, 3.63) is 243 Å². The highest BCUT2D eigenvalue weighted by molar-refractivity contribution is 7.47. The van der Waals surface area contributed by atoms with Gasteiger partial charge in [0.05, 0.1) is 27.7 Å². The van der Waals surface area contributed by atoms with Crippen LogP contribution in [0.25, 0.3) is 0 Å². The van der Waals surface area contributed by atoms with Crippen molar-refractivity contribution in [1.82, 2.24) is 0 Å².